The minimum Gasteiger partial charge on any atom is -0.375 e. The van der Waals surface area contributed by atoms with Gasteiger partial charge in [-0.1, -0.05) is 0 Å². The van der Waals surface area contributed by atoms with E-state index in [2.05, 4.69) is 54.6 Å². The molecule has 0 aliphatic heterocycles. The Morgan fingerprint density at radius 3 is 2.80 bits per heavy atom. The molecule has 15 heavy (non-hydrogen) atoms. The Bertz CT molecular complexity index is 423. The second-order valence-corrected chi connectivity index (χ2v) is 4.61. The summed E-state index contributed by atoms with van der Waals surface area (Å²) in [5.41, 5.74) is 8.12. The smallest absolute Gasteiger partial charge is 0.184 e. The summed E-state index contributed by atoms with van der Waals surface area (Å²) in [4.78, 5) is 0. The van der Waals surface area contributed by atoms with E-state index in [1.807, 2.05) is 0 Å². The van der Waals surface area contributed by atoms with Crippen LogP contribution in [0.4, 0.5) is 4.39 Å². The minimum absolute atomic E-state index is 0.0536. The lowest BCUT2D eigenvalue weighted by atomic mass is 10.2. The number of thiocarbonyl (C=S) groups is 1. The van der Waals surface area contributed by atoms with Gasteiger partial charge in [-0.3, -0.25) is 5.43 Å². The van der Waals surface area contributed by atoms with Gasteiger partial charge in [0.05, 0.1) is 6.21 Å². The Kier molecular flexibility index (Phi) is 4.62. The number of nitrogens with zero attached hydrogens (tertiary/aromatic N) is 1. The molecule has 0 aliphatic rings. The molecule has 3 nitrogen and oxygen atoms in total. The van der Waals surface area contributed by atoms with Crippen LogP contribution in [0.2, 0.25) is 0 Å². The molecule has 0 bridgehead atoms. The van der Waals surface area contributed by atoms with Gasteiger partial charge in [0.25, 0.3) is 0 Å². The fraction of sp³-hybridized carbons (Fsp3) is 0. The molecular formula is C8H6Br2FN3S. The van der Waals surface area contributed by atoms with Crippen molar-refractivity contribution < 1.29 is 4.39 Å². The normalized spacial score (nSPS) is 10.6. The fourth-order valence-electron chi connectivity index (χ4n) is 0.835. The largest absolute Gasteiger partial charge is 0.375 e. The summed E-state index contributed by atoms with van der Waals surface area (Å²) < 4.78 is 14.3. The van der Waals surface area contributed by atoms with Gasteiger partial charge >= 0.3 is 0 Å². The summed E-state index contributed by atoms with van der Waals surface area (Å²) in [5.74, 6) is -0.359. The Morgan fingerprint density at radius 2 is 2.20 bits per heavy atom. The first-order valence-electron chi connectivity index (χ1n) is 3.73. The van der Waals surface area contributed by atoms with E-state index >= 15 is 0 Å². The standard InChI is InChI=1S/C8H6Br2FN3S/c9-6-2-5(11)1-4(7(6)10)3-13-14-8(12)15/h1-3H,(H3,12,14,15). The molecule has 0 amide bonds. The topological polar surface area (TPSA) is 50.4 Å². The molecule has 0 radical (unpaired) electrons. The van der Waals surface area contributed by atoms with Crippen LogP contribution < -0.4 is 11.2 Å². The Labute approximate surface area is 108 Å². The molecular weight excluding hydrogens is 349 g/mol. The predicted molar refractivity (Wildman–Crippen MR) is 69.3 cm³/mol. The number of hydrogen-bond acceptors (Lipinski definition) is 2. The van der Waals surface area contributed by atoms with E-state index in [1.165, 1.54) is 18.3 Å². The summed E-state index contributed by atoms with van der Waals surface area (Å²) >= 11 is 11.0. The summed E-state index contributed by atoms with van der Waals surface area (Å²) in [7, 11) is 0. The third-order valence-electron chi connectivity index (χ3n) is 1.40. The van der Waals surface area contributed by atoms with Crippen molar-refractivity contribution >= 4 is 55.4 Å². The number of nitrogens with two attached hydrogens (primary N) is 1. The molecule has 0 aliphatic carbocycles. The molecule has 1 rings (SSSR count). The van der Waals surface area contributed by atoms with E-state index in [1.54, 1.807) is 0 Å². The lowest BCUT2D eigenvalue weighted by Crippen LogP contribution is -2.24. The summed E-state index contributed by atoms with van der Waals surface area (Å²) in [5, 5.41) is 3.78. The molecule has 0 atom stereocenters. The molecule has 7 heteroatoms. The number of hydrazone groups is 1. The molecule has 0 saturated heterocycles. The highest BCUT2D eigenvalue weighted by Gasteiger charge is 2.04. The van der Waals surface area contributed by atoms with Crippen LogP contribution in [0, 0.1) is 5.82 Å². The third kappa shape index (κ3) is 3.84. The molecule has 80 valence electrons. The zero-order valence-corrected chi connectivity index (χ0v) is 11.3. The maximum absolute atomic E-state index is 13.0. The van der Waals surface area contributed by atoms with E-state index in [9.17, 15) is 4.39 Å². The first-order chi connectivity index (χ1) is 7.00. The minimum atomic E-state index is -0.359. The maximum atomic E-state index is 13.0. The number of rotatable bonds is 2. The lowest BCUT2D eigenvalue weighted by Gasteiger charge is -2.01. The molecule has 1 aromatic carbocycles. The first kappa shape index (κ1) is 12.5. The van der Waals surface area contributed by atoms with Crippen LogP contribution in [0.15, 0.2) is 26.2 Å². The molecule has 0 spiro atoms. The van der Waals surface area contributed by atoms with Gasteiger partial charge in [0.1, 0.15) is 5.82 Å². The van der Waals surface area contributed by atoms with Gasteiger partial charge in [0, 0.05) is 14.5 Å². The molecule has 0 fully saturated rings. The molecule has 0 heterocycles. The SMILES string of the molecule is NC(=S)NN=Cc1cc(F)cc(Br)c1Br. The van der Waals surface area contributed by atoms with Crippen molar-refractivity contribution in [1.82, 2.24) is 5.43 Å². The number of hydrogen-bond donors (Lipinski definition) is 2. The van der Waals surface area contributed by atoms with Gasteiger partial charge in [0.15, 0.2) is 5.11 Å². The van der Waals surface area contributed by atoms with Crippen molar-refractivity contribution in [3.63, 3.8) is 0 Å². The third-order valence-corrected chi connectivity index (χ3v) is 3.53. The van der Waals surface area contributed by atoms with E-state index < -0.39 is 0 Å². The summed E-state index contributed by atoms with van der Waals surface area (Å²) in [6.07, 6.45) is 1.41. The monoisotopic (exact) mass is 353 g/mol. The van der Waals surface area contributed by atoms with Gasteiger partial charge in [-0.2, -0.15) is 5.10 Å². The van der Waals surface area contributed by atoms with E-state index in [-0.39, 0.29) is 10.9 Å². The van der Waals surface area contributed by atoms with Crippen molar-refractivity contribution in [2.75, 3.05) is 0 Å². The van der Waals surface area contributed by atoms with Gasteiger partial charge in [0.2, 0.25) is 0 Å². The lowest BCUT2D eigenvalue weighted by molar-refractivity contribution is 0.626. The highest BCUT2D eigenvalue weighted by atomic mass is 79.9. The Morgan fingerprint density at radius 1 is 1.53 bits per heavy atom. The van der Waals surface area contributed by atoms with E-state index in [0.29, 0.717) is 14.5 Å². The summed E-state index contributed by atoms with van der Waals surface area (Å²) in [6, 6.07) is 2.68. The molecule has 1 aromatic rings. The van der Waals surface area contributed by atoms with Gasteiger partial charge in [-0.15, -0.1) is 0 Å². The Hall–Kier alpha value is -0.530. The maximum Gasteiger partial charge on any atom is 0.184 e. The molecule has 0 unspecified atom stereocenters. The van der Waals surface area contributed by atoms with Crippen molar-refractivity contribution in [3.8, 4) is 0 Å². The Balaban J connectivity index is 2.94. The van der Waals surface area contributed by atoms with Crippen molar-refractivity contribution in [2.24, 2.45) is 10.8 Å². The molecule has 0 aromatic heterocycles. The predicted octanol–water partition coefficient (Wildman–Crippen LogP) is 2.52. The average Bonchev–Trinajstić information content (AvgIpc) is 2.12. The van der Waals surface area contributed by atoms with Crippen molar-refractivity contribution in [2.45, 2.75) is 0 Å². The highest BCUT2D eigenvalue weighted by molar-refractivity contribution is 9.13. The van der Waals surface area contributed by atoms with E-state index in [0.717, 1.165) is 0 Å². The van der Waals surface area contributed by atoms with Crippen LogP contribution in [-0.4, -0.2) is 11.3 Å². The molecule has 3 N–H and O–H groups in total. The zero-order valence-electron chi connectivity index (χ0n) is 7.30. The second-order valence-electron chi connectivity index (χ2n) is 2.53. The van der Waals surface area contributed by atoms with Crippen molar-refractivity contribution in [1.29, 1.82) is 0 Å². The number of nitrogens with one attached hydrogen (secondary N) is 1. The number of halogens is 3. The average molecular weight is 355 g/mol. The van der Waals surface area contributed by atoms with Crippen LogP contribution in [0.5, 0.6) is 0 Å². The highest BCUT2D eigenvalue weighted by Crippen LogP contribution is 2.26. The first-order valence-corrected chi connectivity index (χ1v) is 5.73. The second kappa shape index (κ2) is 5.53. The fourth-order valence-corrected chi connectivity index (χ4v) is 1.67. The zero-order chi connectivity index (χ0) is 11.4. The van der Waals surface area contributed by atoms with Crippen LogP contribution in [-0.2, 0) is 0 Å². The van der Waals surface area contributed by atoms with Crippen molar-refractivity contribution in [3.05, 3.63) is 32.5 Å². The van der Waals surface area contributed by atoms with Crippen LogP contribution >= 0.6 is 44.1 Å². The van der Waals surface area contributed by atoms with Gasteiger partial charge in [-0.05, 0) is 56.2 Å². The van der Waals surface area contributed by atoms with Crippen LogP contribution in [0.1, 0.15) is 5.56 Å². The summed E-state index contributed by atoms with van der Waals surface area (Å²) in [6.45, 7) is 0. The molecule has 0 saturated carbocycles. The quantitative estimate of drug-likeness (QED) is 0.371. The van der Waals surface area contributed by atoms with Crippen LogP contribution in [0.3, 0.4) is 0 Å². The van der Waals surface area contributed by atoms with Gasteiger partial charge < -0.3 is 5.73 Å². The van der Waals surface area contributed by atoms with Gasteiger partial charge in [-0.25, -0.2) is 4.39 Å². The van der Waals surface area contributed by atoms with Crippen LogP contribution in [0.25, 0.3) is 0 Å². The van der Waals surface area contributed by atoms with E-state index in [4.69, 9.17) is 5.73 Å². The number of benzene rings is 1.